The van der Waals surface area contributed by atoms with Crippen molar-refractivity contribution in [2.24, 2.45) is 0 Å². The van der Waals surface area contributed by atoms with E-state index in [9.17, 15) is 22.8 Å². The molecule has 25 heavy (non-hydrogen) atoms. The largest absolute Gasteiger partial charge is 0.452 e. The van der Waals surface area contributed by atoms with Gasteiger partial charge in [-0.15, -0.1) is 11.3 Å². The Bertz CT molecular complexity index is 757. The van der Waals surface area contributed by atoms with Crippen LogP contribution >= 0.6 is 11.3 Å². The van der Waals surface area contributed by atoms with Crippen LogP contribution in [0.4, 0.5) is 18.9 Å². The zero-order valence-corrected chi connectivity index (χ0v) is 14.2. The van der Waals surface area contributed by atoms with Crippen LogP contribution in [0.2, 0.25) is 0 Å². The molecule has 2 aromatic rings. The number of rotatable bonds is 5. The highest BCUT2D eigenvalue weighted by atomic mass is 32.1. The van der Waals surface area contributed by atoms with Gasteiger partial charge in [0, 0.05) is 11.1 Å². The van der Waals surface area contributed by atoms with Gasteiger partial charge >= 0.3 is 12.1 Å². The minimum absolute atomic E-state index is 0.0533. The van der Waals surface area contributed by atoms with Crippen molar-refractivity contribution in [1.82, 2.24) is 4.98 Å². The minimum atomic E-state index is -4.45. The van der Waals surface area contributed by atoms with Gasteiger partial charge in [0.25, 0.3) is 5.91 Å². The topological polar surface area (TPSA) is 68.3 Å². The van der Waals surface area contributed by atoms with Crippen molar-refractivity contribution in [2.75, 3.05) is 5.32 Å². The molecule has 0 saturated heterocycles. The lowest BCUT2D eigenvalue weighted by molar-refractivity contribution is -0.152. The monoisotopic (exact) mass is 372 g/mol. The number of aryl methyl sites for hydroxylation is 1. The highest BCUT2D eigenvalue weighted by Gasteiger charge is 2.30. The highest BCUT2D eigenvalue weighted by molar-refractivity contribution is 7.09. The van der Waals surface area contributed by atoms with Crippen LogP contribution in [-0.4, -0.2) is 23.0 Å². The van der Waals surface area contributed by atoms with Crippen LogP contribution in [0.1, 0.15) is 23.2 Å². The maximum Gasteiger partial charge on any atom is 0.416 e. The number of anilines is 1. The Morgan fingerprint density at radius 2 is 1.92 bits per heavy atom. The Morgan fingerprint density at radius 1 is 1.28 bits per heavy atom. The molecule has 0 aliphatic rings. The fourth-order valence-electron chi connectivity index (χ4n) is 1.92. The van der Waals surface area contributed by atoms with E-state index in [0.717, 1.165) is 29.3 Å². The summed E-state index contributed by atoms with van der Waals surface area (Å²) in [7, 11) is 0. The van der Waals surface area contributed by atoms with Crippen molar-refractivity contribution in [2.45, 2.75) is 32.5 Å². The Balaban J connectivity index is 1.88. The molecule has 1 aromatic heterocycles. The zero-order chi connectivity index (χ0) is 18.6. The molecule has 1 aromatic carbocycles. The second-order valence-corrected chi connectivity index (χ2v) is 6.29. The first kappa shape index (κ1) is 18.9. The van der Waals surface area contributed by atoms with E-state index in [1.807, 2.05) is 0 Å². The number of hydrogen-bond donors (Lipinski definition) is 1. The molecule has 0 aliphatic carbocycles. The number of carbonyl (C=O) groups excluding carboxylic acids is 2. The van der Waals surface area contributed by atoms with E-state index in [1.165, 1.54) is 18.3 Å². The van der Waals surface area contributed by atoms with Crippen LogP contribution < -0.4 is 5.32 Å². The summed E-state index contributed by atoms with van der Waals surface area (Å²) in [5.41, 5.74) is -0.0811. The number of nitrogens with zero attached hydrogens (tertiary/aromatic N) is 1. The normalized spacial score (nSPS) is 12.5. The summed E-state index contributed by atoms with van der Waals surface area (Å²) in [5.74, 6) is -1.25. The van der Waals surface area contributed by atoms with Gasteiger partial charge in [-0.3, -0.25) is 9.59 Å². The van der Waals surface area contributed by atoms with E-state index in [4.69, 9.17) is 4.74 Å². The van der Waals surface area contributed by atoms with Gasteiger partial charge in [0.2, 0.25) is 0 Å². The maximum atomic E-state index is 12.5. The number of nitrogens with one attached hydrogen (secondary N) is 1. The third-order valence-corrected chi connectivity index (χ3v) is 3.97. The average Bonchev–Trinajstić information content (AvgIpc) is 2.91. The fraction of sp³-hybridized carbons (Fsp3) is 0.312. The lowest BCUT2D eigenvalue weighted by Gasteiger charge is -2.14. The Labute approximate surface area is 145 Å². The summed E-state index contributed by atoms with van der Waals surface area (Å²) in [5, 5.41) is 4.94. The lowest BCUT2D eigenvalue weighted by Crippen LogP contribution is -2.30. The van der Waals surface area contributed by atoms with E-state index in [0.29, 0.717) is 5.69 Å². The van der Waals surface area contributed by atoms with Crippen LogP contribution in [0, 0.1) is 6.92 Å². The van der Waals surface area contributed by atoms with Crippen molar-refractivity contribution in [3.05, 3.63) is 45.9 Å². The van der Waals surface area contributed by atoms with Crippen LogP contribution in [0.3, 0.4) is 0 Å². The third-order valence-electron chi connectivity index (χ3n) is 3.15. The van der Waals surface area contributed by atoms with Gasteiger partial charge in [-0.2, -0.15) is 13.2 Å². The quantitative estimate of drug-likeness (QED) is 0.815. The maximum absolute atomic E-state index is 12.5. The summed E-state index contributed by atoms with van der Waals surface area (Å²) in [6.45, 7) is 3.18. The first-order valence-electron chi connectivity index (χ1n) is 7.24. The number of hydrogen-bond acceptors (Lipinski definition) is 5. The second-order valence-electron chi connectivity index (χ2n) is 5.23. The predicted octanol–water partition coefficient (Wildman–Crippen LogP) is 3.58. The first-order chi connectivity index (χ1) is 11.6. The Morgan fingerprint density at radius 3 is 2.44 bits per heavy atom. The number of aromatic nitrogens is 1. The van der Waals surface area contributed by atoms with Crippen LogP contribution in [0.15, 0.2) is 29.6 Å². The number of halogens is 3. The Hall–Kier alpha value is -2.42. The molecular weight excluding hydrogens is 357 g/mol. The molecule has 0 radical (unpaired) electrons. The first-order valence-corrected chi connectivity index (χ1v) is 8.11. The molecule has 1 N–H and O–H groups in total. The summed E-state index contributed by atoms with van der Waals surface area (Å²) in [4.78, 5) is 27.9. The average molecular weight is 372 g/mol. The molecule has 0 spiro atoms. The minimum Gasteiger partial charge on any atom is -0.452 e. The molecule has 1 unspecified atom stereocenters. The lowest BCUT2D eigenvalue weighted by atomic mass is 10.2. The Kier molecular flexibility index (Phi) is 5.78. The van der Waals surface area contributed by atoms with Crippen molar-refractivity contribution in [3.63, 3.8) is 0 Å². The van der Waals surface area contributed by atoms with E-state index < -0.39 is 29.7 Å². The fourth-order valence-corrected chi connectivity index (χ4v) is 2.53. The molecule has 1 atom stereocenters. The molecule has 1 heterocycles. The molecule has 0 fully saturated rings. The van der Waals surface area contributed by atoms with Crippen molar-refractivity contribution in [3.8, 4) is 0 Å². The zero-order valence-electron chi connectivity index (χ0n) is 13.4. The molecule has 0 aliphatic heterocycles. The molecule has 0 saturated carbocycles. The number of esters is 1. The number of amides is 1. The van der Waals surface area contributed by atoms with Crippen LogP contribution in [0.5, 0.6) is 0 Å². The number of ether oxygens (including phenoxy) is 1. The van der Waals surface area contributed by atoms with Gasteiger partial charge in [-0.05, 0) is 38.1 Å². The smallest absolute Gasteiger partial charge is 0.416 e. The molecular formula is C16H15F3N2O3S. The molecule has 5 nitrogen and oxygen atoms in total. The molecule has 134 valence electrons. The van der Waals surface area contributed by atoms with Crippen molar-refractivity contribution < 1.29 is 27.5 Å². The van der Waals surface area contributed by atoms with E-state index in [2.05, 4.69) is 10.3 Å². The van der Waals surface area contributed by atoms with Gasteiger partial charge in [-0.1, -0.05) is 0 Å². The van der Waals surface area contributed by atoms with Crippen LogP contribution in [-0.2, 0) is 26.9 Å². The molecule has 1 amide bonds. The number of thiazole rings is 1. The van der Waals surface area contributed by atoms with Gasteiger partial charge in [-0.25, -0.2) is 4.98 Å². The van der Waals surface area contributed by atoms with Gasteiger partial charge in [0.1, 0.15) is 0 Å². The van der Waals surface area contributed by atoms with Gasteiger partial charge in [0.05, 0.1) is 22.7 Å². The SMILES string of the molecule is Cc1nc(CC(=O)OC(C)C(=O)Nc2ccc(C(F)(F)F)cc2)cs1. The van der Waals surface area contributed by atoms with E-state index in [1.54, 1.807) is 12.3 Å². The number of alkyl halides is 3. The molecule has 0 bridgehead atoms. The van der Waals surface area contributed by atoms with E-state index in [-0.39, 0.29) is 12.1 Å². The molecule has 2 rings (SSSR count). The standard InChI is InChI=1S/C16H15F3N2O3S/c1-9(24-14(22)7-13-8-25-10(2)20-13)15(23)21-12-5-3-11(4-6-12)16(17,18)19/h3-6,8-9H,7H2,1-2H3,(H,21,23). The summed E-state index contributed by atoms with van der Waals surface area (Å²) >= 11 is 1.40. The van der Waals surface area contributed by atoms with Gasteiger partial charge in [0.15, 0.2) is 6.10 Å². The molecule has 9 heteroatoms. The van der Waals surface area contributed by atoms with E-state index >= 15 is 0 Å². The summed E-state index contributed by atoms with van der Waals surface area (Å²) in [6.07, 6.45) is -5.59. The summed E-state index contributed by atoms with van der Waals surface area (Å²) < 4.78 is 42.5. The number of carbonyl (C=O) groups is 2. The second kappa shape index (κ2) is 7.64. The highest BCUT2D eigenvalue weighted by Crippen LogP contribution is 2.29. The van der Waals surface area contributed by atoms with Crippen LogP contribution in [0.25, 0.3) is 0 Å². The summed E-state index contributed by atoms with van der Waals surface area (Å²) in [6, 6.07) is 3.98. The van der Waals surface area contributed by atoms with Gasteiger partial charge < -0.3 is 10.1 Å². The van der Waals surface area contributed by atoms with Crippen molar-refractivity contribution in [1.29, 1.82) is 0 Å². The number of benzene rings is 1. The van der Waals surface area contributed by atoms with Crippen molar-refractivity contribution >= 4 is 28.9 Å². The predicted molar refractivity (Wildman–Crippen MR) is 86.2 cm³/mol. The third kappa shape index (κ3) is 5.56.